The van der Waals surface area contributed by atoms with Gasteiger partial charge in [0.15, 0.2) is 0 Å². The molecule has 0 aromatic heterocycles. The van der Waals surface area contributed by atoms with Crippen LogP contribution < -0.4 is 0 Å². The minimum absolute atomic E-state index is 0.423. The predicted molar refractivity (Wildman–Crippen MR) is 58.9 cm³/mol. The van der Waals surface area contributed by atoms with Crippen LogP contribution in [0.5, 0.6) is 0 Å². The lowest BCUT2D eigenvalue weighted by atomic mass is 10.0. The molecule has 1 unspecified atom stereocenters. The molecule has 1 aliphatic rings. The van der Waals surface area contributed by atoms with Gasteiger partial charge in [-0.1, -0.05) is 25.7 Å². The van der Waals surface area contributed by atoms with Gasteiger partial charge in [-0.15, -0.1) is 0 Å². The summed E-state index contributed by atoms with van der Waals surface area (Å²) in [7, 11) is 0. The van der Waals surface area contributed by atoms with E-state index >= 15 is 0 Å². The zero-order chi connectivity index (χ0) is 10.6. The molecule has 80 valence electrons. The maximum Gasteiger partial charge on any atom is 0.125 e. The first-order valence-corrected chi connectivity index (χ1v) is 5.55. The Balaban J connectivity index is 2.37. The zero-order valence-corrected chi connectivity index (χ0v) is 9.51. The first-order chi connectivity index (χ1) is 6.60. The largest absolute Gasteiger partial charge is 0.378 e. The van der Waals surface area contributed by atoms with Gasteiger partial charge in [0.1, 0.15) is 5.60 Å². The highest BCUT2D eigenvalue weighted by Crippen LogP contribution is 2.38. The molecule has 0 saturated heterocycles. The number of nitrogens with zero attached hydrogens (tertiary/aromatic N) is 1. The fourth-order valence-corrected chi connectivity index (χ4v) is 1.53. The van der Waals surface area contributed by atoms with Gasteiger partial charge in [-0.3, -0.25) is 4.90 Å². The van der Waals surface area contributed by atoms with Crippen LogP contribution >= 0.6 is 0 Å². The lowest BCUT2D eigenvalue weighted by Crippen LogP contribution is -2.26. The Morgan fingerprint density at radius 1 is 1.36 bits per heavy atom. The molecule has 1 aliphatic carbocycles. The SMILES string of the molecule is CCN(CC)CC#CC(C)(O)C1CC1. The zero-order valence-electron chi connectivity index (χ0n) is 9.51. The summed E-state index contributed by atoms with van der Waals surface area (Å²) in [4.78, 5) is 2.25. The molecule has 1 fully saturated rings. The Kier molecular flexibility index (Phi) is 3.97. The molecule has 2 nitrogen and oxygen atoms in total. The van der Waals surface area contributed by atoms with Gasteiger partial charge in [0.2, 0.25) is 0 Å². The van der Waals surface area contributed by atoms with Gasteiger partial charge >= 0.3 is 0 Å². The quantitative estimate of drug-likeness (QED) is 0.687. The monoisotopic (exact) mass is 195 g/mol. The van der Waals surface area contributed by atoms with Crippen molar-refractivity contribution in [2.24, 2.45) is 5.92 Å². The molecular weight excluding hydrogens is 174 g/mol. The number of hydrogen-bond acceptors (Lipinski definition) is 2. The van der Waals surface area contributed by atoms with E-state index in [1.165, 1.54) is 0 Å². The first-order valence-electron chi connectivity index (χ1n) is 5.55. The average Bonchev–Trinajstić information content (AvgIpc) is 2.95. The fourth-order valence-electron chi connectivity index (χ4n) is 1.53. The van der Waals surface area contributed by atoms with Crippen LogP contribution in [0.1, 0.15) is 33.6 Å². The number of rotatable bonds is 4. The highest BCUT2D eigenvalue weighted by Gasteiger charge is 2.38. The molecule has 0 amide bonds. The molecule has 1 N–H and O–H groups in total. The molecule has 1 atom stereocenters. The van der Waals surface area contributed by atoms with Gasteiger partial charge in [0.05, 0.1) is 6.54 Å². The van der Waals surface area contributed by atoms with E-state index < -0.39 is 5.60 Å². The Bertz CT molecular complexity index is 228. The summed E-state index contributed by atoms with van der Waals surface area (Å²) in [6.45, 7) is 8.91. The van der Waals surface area contributed by atoms with E-state index in [9.17, 15) is 5.11 Å². The molecule has 0 bridgehead atoms. The van der Waals surface area contributed by atoms with Gasteiger partial charge in [-0.2, -0.15) is 0 Å². The van der Waals surface area contributed by atoms with E-state index in [1.807, 2.05) is 6.92 Å². The van der Waals surface area contributed by atoms with E-state index in [0.717, 1.165) is 32.5 Å². The molecule has 0 aliphatic heterocycles. The number of aliphatic hydroxyl groups is 1. The van der Waals surface area contributed by atoms with Crippen LogP contribution in [0.2, 0.25) is 0 Å². The van der Waals surface area contributed by atoms with Crippen molar-refractivity contribution in [3.63, 3.8) is 0 Å². The van der Waals surface area contributed by atoms with Crippen molar-refractivity contribution < 1.29 is 5.11 Å². The van der Waals surface area contributed by atoms with Crippen molar-refractivity contribution in [2.45, 2.75) is 39.2 Å². The number of hydrogen-bond donors (Lipinski definition) is 1. The Hall–Kier alpha value is -0.520. The summed E-state index contributed by atoms with van der Waals surface area (Å²) in [5.41, 5.74) is -0.743. The highest BCUT2D eigenvalue weighted by molar-refractivity contribution is 5.17. The van der Waals surface area contributed by atoms with E-state index in [1.54, 1.807) is 0 Å². The summed E-state index contributed by atoms with van der Waals surface area (Å²) < 4.78 is 0. The van der Waals surface area contributed by atoms with Gasteiger partial charge in [0, 0.05) is 0 Å². The molecular formula is C12H21NO. The maximum absolute atomic E-state index is 9.92. The summed E-state index contributed by atoms with van der Waals surface area (Å²) in [6, 6.07) is 0. The highest BCUT2D eigenvalue weighted by atomic mass is 16.3. The van der Waals surface area contributed by atoms with E-state index in [2.05, 4.69) is 30.6 Å². The van der Waals surface area contributed by atoms with Crippen LogP contribution in [0.3, 0.4) is 0 Å². The molecule has 0 aromatic carbocycles. The lowest BCUT2D eigenvalue weighted by molar-refractivity contribution is 0.0978. The van der Waals surface area contributed by atoms with Crippen molar-refractivity contribution in [1.82, 2.24) is 4.90 Å². The standard InChI is InChI=1S/C12H21NO/c1-4-13(5-2)10-6-9-12(3,14)11-7-8-11/h11,14H,4-5,7-8,10H2,1-3H3. The third kappa shape index (κ3) is 3.32. The summed E-state index contributed by atoms with van der Waals surface area (Å²) in [6.07, 6.45) is 2.26. The third-order valence-electron chi connectivity index (χ3n) is 2.91. The van der Waals surface area contributed by atoms with Crippen molar-refractivity contribution in [3.8, 4) is 11.8 Å². The van der Waals surface area contributed by atoms with E-state index in [4.69, 9.17) is 0 Å². The molecule has 14 heavy (non-hydrogen) atoms. The molecule has 1 saturated carbocycles. The van der Waals surface area contributed by atoms with Crippen LogP contribution in [0.25, 0.3) is 0 Å². The van der Waals surface area contributed by atoms with Gasteiger partial charge in [-0.25, -0.2) is 0 Å². The summed E-state index contributed by atoms with van der Waals surface area (Å²) >= 11 is 0. The summed E-state index contributed by atoms with van der Waals surface area (Å²) in [5, 5.41) is 9.92. The normalized spacial score (nSPS) is 20.1. The van der Waals surface area contributed by atoms with Crippen LogP contribution in [-0.4, -0.2) is 35.2 Å². The summed E-state index contributed by atoms with van der Waals surface area (Å²) in [5.74, 6) is 6.48. The topological polar surface area (TPSA) is 23.5 Å². The van der Waals surface area contributed by atoms with Crippen molar-refractivity contribution in [3.05, 3.63) is 0 Å². The average molecular weight is 195 g/mol. The second-order valence-electron chi connectivity index (χ2n) is 4.18. The third-order valence-corrected chi connectivity index (χ3v) is 2.91. The smallest absolute Gasteiger partial charge is 0.125 e. The van der Waals surface area contributed by atoms with Crippen LogP contribution in [0.15, 0.2) is 0 Å². The minimum Gasteiger partial charge on any atom is -0.378 e. The second kappa shape index (κ2) is 4.82. The van der Waals surface area contributed by atoms with Crippen molar-refractivity contribution in [1.29, 1.82) is 0 Å². The van der Waals surface area contributed by atoms with Crippen molar-refractivity contribution >= 4 is 0 Å². The van der Waals surface area contributed by atoms with Crippen LogP contribution in [-0.2, 0) is 0 Å². The minimum atomic E-state index is -0.743. The fraction of sp³-hybridized carbons (Fsp3) is 0.833. The Labute approximate surface area is 87.3 Å². The molecule has 0 radical (unpaired) electrons. The van der Waals surface area contributed by atoms with Crippen LogP contribution in [0.4, 0.5) is 0 Å². The lowest BCUT2D eigenvalue weighted by Gasteiger charge is -2.16. The molecule has 0 spiro atoms. The van der Waals surface area contributed by atoms with Gasteiger partial charge in [-0.05, 0) is 38.8 Å². The predicted octanol–water partition coefficient (Wildman–Crippen LogP) is 1.49. The van der Waals surface area contributed by atoms with Crippen LogP contribution in [0, 0.1) is 17.8 Å². The maximum atomic E-state index is 9.92. The van der Waals surface area contributed by atoms with Crippen molar-refractivity contribution in [2.75, 3.05) is 19.6 Å². The van der Waals surface area contributed by atoms with E-state index in [0.29, 0.717) is 5.92 Å². The molecule has 2 heteroatoms. The van der Waals surface area contributed by atoms with Gasteiger partial charge < -0.3 is 5.11 Å². The van der Waals surface area contributed by atoms with Gasteiger partial charge in [0.25, 0.3) is 0 Å². The molecule has 0 heterocycles. The Morgan fingerprint density at radius 2 is 1.93 bits per heavy atom. The Morgan fingerprint density at radius 3 is 2.36 bits per heavy atom. The molecule has 0 aromatic rings. The van der Waals surface area contributed by atoms with E-state index in [-0.39, 0.29) is 0 Å². The first kappa shape index (κ1) is 11.6. The second-order valence-corrected chi connectivity index (χ2v) is 4.18. The molecule has 1 rings (SSSR count).